The second kappa shape index (κ2) is 12.3. The van der Waals surface area contributed by atoms with E-state index in [1.54, 1.807) is 0 Å². The normalized spacial score (nSPS) is 27.8. The van der Waals surface area contributed by atoms with Gasteiger partial charge in [0.25, 0.3) is 0 Å². The van der Waals surface area contributed by atoms with Gasteiger partial charge in [0, 0.05) is 18.5 Å². The Hall–Kier alpha value is -2.57. The van der Waals surface area contributed by atoms with Crippen LogP contribution in [0.15, 0.2) is 30.2 Å². The van der Waals surface area contributed by atoms with Crippen LogP contribution in [0.1, 0.15) is 45.4 Å². The van der Waals surface area contributed by atoms with Gasteiger partial charge >= 0.3 is 5.97 Å². The molecule has 2 amide bonds. The van der Waals surface area contributed by atoms with Crippen LogP contribution in [0.25, 0.3) is 0 Å². The number of amides is 2. The van der Waals surface area contributed by atoms with Gasteiger partial charge in [-0.25, -0.2) is 15.1 Å². The van der Waals surface area contributed by atoms with Gasteiger partial charge in [0.05, 0.1) is 6.85 Å². The third-order valence-corrected chi connectivity index (χ3v) is 4.42. The molecule has 1 fully saturated rings. The molecule has 1 saturated heterocycles. The van der Waals surface area contributed by atoms with Crippen LogP contribution < -0.4 is 10.8 Å². The molecule has 172 valence electrons. The lowest BCUT2D eigenvalue weighted by atomic mass is 9.99. The average Bonchev–Trinajstić information content (AvgIpc) is 2.84. The molecule has 11 nitrogen and oxygen atoms in total. The van der Waals surface area contributed by atoms with Crippen molar-refractivity contribution in [2.45, 2.75) is 69.2 Å². The van der Waals surface area contributed by atoms with Crippen LogP contribution in [-0.4, -0.2) is 68.9 Å². The molecule has 0 bridgehead atoms. The maximum Gasteiger partial charge on any atom is 0.335 e. The van der Waals surface area contributed by atoms with Crippen molar-refractivity contribution >= 4 is 23.5 Å². The topological polar surface area (TPSA) is 175 Å². The van der Waals surface area contributed by atoms with E-state index in [-0.39, 0.29) is 18.5 Å². The van der Waals surface area contributed by atoms with E-state index in [4.69, 9.17) is 21.5 Å². The molecule has 0 spiro atoms. The second-order valence-electron chi connectivity index (χ2n) is 6.84. The zero-order valence-corrected chi connectivity index (χ0v) is 16.5. The molecule has 31 heavy (non-hydrogen) atoms. The summed E-state index contributed by atoms with van der Waals surface area (Å²) in [5.74, 6) is -2.72. The van der Waals surface area contributed by atoms with E-state index in [1.165, 1.54) is 0 Å². The fourth-order valence-corrected chi connectivity index (χ4v) is 2.76. The molecule has 1 aliphatic heterocycles. The Kier molecular flexibility index (Phi) is 7.17. The van der Waals surface area contributed by atoms with Crippen LogP contribution in [0.4, 0.5) is 5.69 Å². The number of para-hydroxylation sites is 1. The van der Waals surface area contributed by atoms with Crippen LogP contribution >= 0.6 is 0 Å². The van der Waals surface area contributed by atoms with Crippen molar-refractivity contribution in [2.75, 3.05) is 5.32 Å². The lowest BCUT2D eigenvalue weighted by Gasteiger charge is -2.37. The van der Waals surface area contributed by atoms with Gasteiger partial charge < -0.3 is 30.5 Å². The number of rotatable bonds is 11. The Balaban J connectivity index is 1.67. The number of anilines is 1. The van der Waals surface area contributed by atoms with Crippen LogP contribution in [0.2, 0.25) is 0 Å². The van der Waals surface area contributed by atoms with Gasteiger partial charge in [-0.2, -0.15) is 0 Å². The summed E-state index contributed by atoms with van der Waals surface area (Å²) >= 11 is 0. The smallest absolute Gasteiger partial charge is 0.335 e. The number of benzene rings is 1. The molecule has 0 saturated carbocycles. The van der Waals surface area contributed by atoms with Crippen molar-refractivity contribution in [3.05, 3.63) is 30.2 Å². The zero-order valence-electron chi connectivity index (χ0n) is 21.5. The standard InChI is InChI=1S/C20H28N2O9/c23-13(21-12-8-4-3-5-9-12)10-6-1-2-7-11-14(24)22-31-20-17(27)15(25)16(26)18(30-20)19(28)29/h3-5,8-9,15-18,20,25-27H,1-2,6-7,10-11H2,(H,21,23)(H,22,24)(H,28,29)/i3D,4D,5D,8D,9D. The number of carboxylic acid groups (broad SMARTS) is 1. The van der Waals surface area contributed by atoms with E-state index in [1.807, 2.05) is 5.48 Å². The molecular weight excluding hydrogens is 412 g/mol. The highest BCUT2D eigenvalue weighted by molar-refractivity contribution is 5.90. The van der Waals surface area contributed by atoms with Crippen LogP contribution in [0.5, 0.6) is 0 Å². The zero-order chi connectivity index (χ0) is 27.2. The molecule has 1 aromatic rings. The molecule has 5 unspecified atom stereocenters. The van der Waals surface area contributed by atoms with Gasteiger partial charge in [0.1, 0.15) is 18.3 Å². The first-order chi connectivity index (χ1) is 16.9. The molecule has 2 rings (SSSR count). The fourth-order valence-electron chi connectivity index (χ4n) is 2.76. The predicted molar refractivity (Wildman–Crippen MR) is 106 cm³/mol. The average molecular weight is 445 g/mol. The molecule has 1 aromatic carbocycles. The van der Waals surface area contributed by atoms with Crippen LogP contribution in [0.3, 0.4) is 0 Å². The first-order valence-electron chi connectivity index (χ1n) is 12.1. The van der Waals surface area contributed by atoms with E-state index in [9.17, 15) is 29.7 Å². The highest BCUT2D eigenvalue weighted by Gasteiger charge is 2.47. The van der Waals surface area contributed by atoms with Crippen molar-refractivity contribution in [3.63, 3.8) is 0 Å². The Bertz CT molecular complexity index is 954. The monoisotopic (exact) mass is 445 g/mol. The molecule has 6 N–H and O–H groups in total. The lowest BCUT2D eigenvalue weighted by molar-refractivity contribution is -0.306. The van der Waals surface area contributed by atoms with Crippen molar-refractivity contribution in [1.82, 2.24) is 5.48 Å². The minimum Gasteiger partial charge on any atom is -0.479 e. The maximum atomic E-state index is 12.1. The number of unbranched alkanes of at least 4 members (excludes halogenated alkanes) is 3. The summed E-state index contributed by atoms with van der Waals surface area (Å²) in [7, 11) is 0. The molecule has 5 atom stereocenters. The van der Waals surface area contributed by atoms with Crippen LogP contribution in [0, 0.1) is 0 Å². The van der Waals surface area contributed by atoms with E-state index >= 15 is 0 Å². The highest BCUT2D eigenvalue weighted by Crippen LogP contribution is 2.21. The van der Waals surface area contributed by atoms with Gasteiger partial charge in [-0.05, 0) is 24.9 Å². The quantitative estimate of drug-likeness (QED) is 0.201. The van der Waals surface area contributed by atoms with E-state index in [2.05, 4.69) is 5.32 Å². The van der Waals surface area contributed by atoms with Crippen molar-refractivity contribution in [2.24, 2.45) is 0 Å². The third-order valence-electron chi connectivity index (χ3n) is 4.42. The largest absolute Gasteiger partial charge is 0.479 e. The van der Waals surface area contributed by atoms with Gasteiger partial charge in [0.2, 0.25) is 18.1 Å². The number of hydrogen-bond acceptors (Lipinski definition) is 8. The third kappa shape index (κ3) is 7.89. The van der Waals surface area contributed by atoms with Crippen LogP contribution in [-0.2, 0) is 24.0 Å². The Labute approximate surface area is 186 Å². The number of carboxylic acids is 1. The number of carbonyl (C=O) groups is 3. The number of nitrogens with one attached hydrogen (secondary N) is 2. The van der Waals surface area contributed by atoms with Gasteiger partial charge in [0.15, 0.2) is 6.10 Å². The number of carbonyl (C=O) groups excluding carboxylic acids is 2. The second-order valence-corrected chi connectivity index (χ2v) is 6.84. The molecule has 1 heterocycles. The molecule has 0 radical (unpaired) electrons. The number of hydroxylamine groups is 1. The van der Waals surface area contributed by atoms with E-state index in [0.717, 1.165) is 0 Å². The summed E-state index contributed by atoms with van der Waals surface area (Å²) < 4.78 is 43.2. The van der Waals surface area contributed by atoms with Crippen molar-refractivity contribution in [3.8, 4) is 0 Å². The molecule has 11 heteroatoms. The number of aliphatic carboxylic acids is 1. The Morgan fingerprint density at radius 1 is 0.935 bits per heavy atom. The summed E-state index contributed by atoms with van der Waals surface area (Å²) in [5.41, 5.74) is 1.70. The summed E-state index contributed by atoms with van der Waals surface area (Å²) in [5, 5.41) is 40.4. The van der Waals surface area contributed by atoms with Crippen molar-refractivity contribution < 1.29 is 51.2 Å². The Morgan fingerprint density at radius 3 is 2.16 bits per heavy atom. The Morgan fingerprint density at radius 2 is 1.55 bits per heavy atom. The number of hydrogen-bond donors (Lipinski definition) is 6. The number of aliphatic hydroxyl groups excluding tert-OH is 3. The molecule has 0 aliphatic carbocycles. The number of ether oxygens (including phenoxy) is 1. The maximum absolute atomic E-state index is 12.1. The molecule has 1 aliphatic rings. The predicted octanol–water partition coefficient (Wildman–Crippen LogP) is -0.0943. The summed E-state index contributed by atoms with van der Waals surface area (Å²) in [6.45, 7) is 0. The summed E-state index contributed by atoms with van der Waals surface area (Å²) in [6.07, 6.45) is -7.18. The van der Waals surface area contributed by atoms with E-state index < -0.39 is 78.7 Å². The molecule has 0 aromatic heterocycles. The van der Waals surface area contributed by atoms with Gasteiger partial charge in [-0.1, -0.05) is 31.0 Å². The summed E-state index contributed by atoms with van der Waals surface area (Å²) in [4.78, 5) is 39.9. The first-order valence-corrected chi connectivity index (χ1v) is 9.60. The molecular formula is C20H28N2O9. The van der Waals surface area contributed by atoms with Gasteiger partial charge in [-0.3, -0.25) is 9.59 Å². The lowest BCUT2D eigenvalue weighted by Crippen LogP contribution is -2.61. The van der Waals surface area contributed by atoms with E-state index in [0.29, 0.717) is 25.7 Å². The fraction of sp³-hybridized carbons (Fsp3) is 0.550. The minimum absolute atomic E-state index is 0.00895. The summed E-state index contributed by atoms with van der Waals surface area (Å²) in [6, 6.07) is -2.65. The highest BCUT2D eigenvalue weighted by atomic mass is 16.8. The first kappa shape index (κ1) is 18.0. The van der Waals surface area contributed by atoms with Crippen molar-refractivity contribution in [1.29, 1.82) is 0 Å². The van der Waals surface area contributed by atoms with Gasteiger partial charge in [-0.15, -0.1) is 0 Å². The minimum atomic E-state index is -1.88. The number of aliphatic hydroxyl groups is 3. The SMILES string of the molecule is [2H]c1c([2H])c([2H])c(NC(=O)CCCCCCC(=O)NOC2OC(C(=O)O)C(O)C(O)C2O)c([2H])c1[2H].